The molecule has 0 bridgehead atoms. The number of alkyl halides is 3. The van der Waals surface area contributed by atoms with E-state index in [4.69, 9.17) is 4.42 Å². The molecule has 1 fully saturated rings. The van der Waals surface area contributed by atoms with E-state index in [1.807, 2.05) is 6.07 Å². The number of fused-ring (bicyclic) bond motifs is 1. The van der Waals surface area contributed by atoms with Crippen molar-refractivity contribution in [2.24, 2.45) is 0 Å². The van der Waals surface area contributed by atoms with Crippen molar-refractivity contribution in [3.8, 4) is 17.7 Å². The molecule has 32 heavy (non-hydrogen) atoms. The Balaban J connectivity index is 1.93. The van der Waals surface area contributed by atoms with Crippen molar-refractivity contribution >= 4 is 30.8 Å². The van der Waals surface area contributed by atoms with Gasteiger partial charge in [-0.3, -0.25) is 0 Å². The van der Waals surface area contributed by atoms with Gasteiger partial charge in [0.05, 0.1) is 15.5 Å². The van der Waals surface area contributed by atoms with Gasteiger partial charge in [0.15, 0.2) is 15.4 Å². The average molecular weight is 485 g/mol. The molecule has 1 aromatic carbocycles. The van der Waals surface area contributed by atoms with Crippen LogP contribution in [0.4, 0.5) is 13.2 Å². The number of nitriles is 1. The molecule has 2 heterocycles. The Bertz CT molecular complexity index is 1500. The highest BCUT2D eigenvalue weighted by Gasteiger charge is 2.47. The summed E-state index contributed by atoms with van der Waals surface area (Å²) in [7, 11) is -9.45. The van der Waals surface area contributed by atoms with Crippen LogP contribution in [0.15, 0.2) is 38.5 Å². The van der Waals surface area contributed by atoms with Crippen LogP contribution in [0.2, 0.25) is 0 Å². The predicted octanol–water partition coefficient (Wildman–Crippen LogP) is 3.73. The van der Waals surface area contributed by atoms with E-state index in [9.17, 15) is 35.3 Å². The van der Waals surface area contributed by atoms with Gasteiger partial charge < -0.3 is 4.42 Å². The second-order valence-electron chi connectivity index (χ2n) is 7.16. The minimum Gasteiger partial charge on any atom is -0.435 e. The molecule has 13 heteroatoms. The summed E-state index contributed by atoms with van der Waals surface area (Å²) in [5, 5.41) is 9.47. The number of hydrogen-bond acceptors (Lipinski definition) is 8. The molecule has 3 aromatic rings. The van der Waals surface area contributed by atoms with Crippen LogP contribution in [0.5, 0.6) is 0 Å². The molecule has 0 atom stereocenters. The molecule has 0 saturated heterocycles. The van der Waals surface area contributed by atoms with Crippen LogP contribution in [0.1, 0.15) is 36.9 Å². The topological polar surface area (TPSA) is 131 Å². The van der Waals surface area contributed by atoms with Gasteiger partial charge in [-0.05, 0) is 48.6 Å². The quantitative estimate of drug-likeness (QED) is 0.534. The number of benzene rings is 1. The van der Waals surface area contributed by atoms with Crippen molar-refractivity contribution in [1.82, 2.24) is 9.97 Å². The van der Waals surface area contributed by atoms with Crippen molar-refractivity contribution in [1.29, 1.82) is 5.26 Å². The molecule has 0 spiro atoms. The number of oxazole rings is 1. The first-order chi connectivity index (χ1) is 14.9. The lowest BCUT2D eigenvalue weighted by Gasteiger charge is -2.10. The molecule has 0 N–H and O–H groups in total. The van der Waals surface area contributed by atoms with Crippen molar-refractivity contribution < 1.29 is 34.4 Å². The summed E-state index contributed by atoms with van der Waals surface area (Å²) in [5.41, 5.74) is -5.58. The predicted molar refractivity (Wildman–Crippen MR) is 105 cm³/mol. The van der Waals surface area contributed by atoms with Gasteiger partial charge >= 0.3 is 5.51 Å². The maximum Gasteiger partial charge on any atom is 0.501 e. The minimum atomic E-state index is -5.61. The van der Waals surface area contributed by atoms with E-state index < -0.39 is 30.1 Å². The molecule has 8 nitrogen and oxygen atoms in total. The lowest BCUT2D eigenvalue weighted by molar-refractivity contribution is -0.0435. The summed E-state index contributed by atoms with van der Waals surface area (Å²) in [6.45, 7) is 1.43. The highest BCUT2D eigenvalue weighted by atomic mass is 32.2. The van der Waals surface area contributed by atoms with Gasteiger partial charge in [0.1, 0.15) is 23.0 Å². The summed E-state index contributed by atoms with van der Waals surface area (Å²) in [6.07, 6.45) is 1.58. The summed E-state index contributed by atoms with van der Waals surface area (Å²) in [6, 6.07) is 5.68. The van der Waals surface area contributed by atoms with Gasteiger partial charge in [0.25, 0.3) is 9.84 Å². The molecular weight excluding hydrogens is 471 g/mol. The monoisotopic (exact) mass is 485 g/mol. The lowest BCUT2D eigenvalue weighted by atomic mass is 10.1. The van der Waals surface area contributed by atoms with Crippen LogP contribution >= 0.6 is 0 Å². The first-order valence-corrected chi connectivity index (χ1v) is 12.4. The number of pyridine rings is 1. The Morgan fingerprint density at radius 3 is 2.41 bits per heavy atom. The van der Waals surface area contributed by atoms with Gasteiger partial charge in [-0.1, -0.05) is 6.92 Å². The minimum absolute atomic E-state index is 0.000136. The number of halogens is 3. The van der Waals surface area contributed by atoms with Crippen LogP contribution in [0, 0.1) is 11.3 Å². The molecule has 0 radical (unpaired) electrons. The van der Waals surface area contributed by atoms with E-state index >= 15 is 0 Å². The summed E-state index contributed by atoms with van der Waals surface area (Å²) in [4.78, 5) is 6.88. The van der Waals surface area contributed by atoms with Gasteiger partial charge in [0.2, 0.25) is 5.89 Å². The van der Waals surface area contributed by atoms with Crippen molar-refractivity contribution in [2.45, 2.75) is 41.0 Å². The zero-order valence-corrected chi connectivity index (χ0v) is 18.0. The summed E-state index contributed by atoms with van der Waals surface area (Å²) < 4.78 is 92.8. The van der Waals surface area contributed by atoms with Crippen LogP contribution < -0.4 is 0 Å². The van der Waals surface area contributed by atoms with E-state index in [0.717, 1.165) is 18.9 Å². The second kappa shape index (κ2) is 7.28. The number of rotatable bonds is 5. The number of sulfone groups is 2. The molecular formula is C19H14F3N3O5S2. The Kier molecular flexibility index (Phi) is 5.05. The molecule has 2 aromatic heterocycles. The lowest BCUT2D eigenvalue weighted by Crippen LogP contribution is -2.23. The van der Waals surface area contributed by atoms with Gasteiger partial charge in [0, 0.05) is 0 Å². The zero-order valence-electron chi connectivity index (χ0n) is 16.3. The summed E-state index contributed by atoms with van der Waals surface area (Å²) >= 11 is 0. The fourth-order valence-corrected chi connectivity index (χ4v) is 4.99. The van der Waals surface area contributed by atoms with Crippen LogP contribution in [-0.4, -0.2) is 38.1 Å². The normalized spacial score (nSPS) is 15.1. The number of nitrogens with zero attached hydrogens (tertiary/aromatic N) is 3. The molecule has 1 aliphatic rings. The Hall–Kier alpha value is -2.98. The van der Waals surface area contributed by atoms with Gasteiger partial charge in [-0.15, -0.1) is 0 Å². The fraction of sp³-hybridized carbons (Fsp3) is 0.316. The Labute approximate surface area is 180 Å². The first-order valence-electron chi connectivity index (χ1n) is 9.29. The fourth-order valence-electron chi connectivity index (χ4n) is 3.16. The van der Waals surface area contributed by atoms with Gasteiger partial charge in [-0.25, -0.2) is 26.8 Å². The molecule has 1 aliphatic carbocycles. The van der Waals surface area contributed by atoms with E-state index in [0.29, 0.717) is 17.7 Å². The van der Waals surface area contributed by atoms with E-state index in [1.54, 1.807) is 0 Å². The molecule has 168 valence electrons. The third-order valence-corrected chi connectivity index (χ3v) is 8.26. The zero-order chi connectivity index (χ0) is 23.5. The first kappa shape index (κ1) is 22.2. The molecule has 0 unspecified atom stereocenters. The SMILES string of the molecule is CCS(=O)(=O)c1cc(C2CC2)c(C#N)nc1-c1nc2cc(S(=O)(=O)C(F)(F)F)ccc2o1. The Morgan fingerprint density at radius 1 is 1.16 bits per heavy atom. The molecule has 1 saturated carbocycles. The molecule has 4 rings (SSSR count). The van der Waals surface area contributed by atoms with Crippen LogP contribution in [0.25, 0.3) is 22.7 Å². The third-order valence-electron chi connectivity index (χ3n) is 5.03. The van der Waals surface area contributed by atoms with Crippen molar-refractivity contribution in [3.63, 3.8) is 0 Å². The molecule has 0 aliphatic heterocycles. The van der Waals surface area contributed by atoms with Crippen LogP contribution in [-0.2, 0) is 19.7 Å². The largest absolute Gasteiger partial charge is 0.501 e. The molecule has 0 amide bonds. The van der Waals surface area contributed by atoms with Crippen LogP contribution in [0.3, 0.4) is 0 Å². The highest BCUT2D eigenvalue weighted by Crippen LogP contribution is 2.43. The number of aromatic nitrogens is 2. The van der Waals surface area contributed by atoms with E-state index in [2.05, 4.69) is 9.97 Å². The number of hydrogen-bond donors (Lipinski definition) is 0. The smallest absolute Gasteiger partial charge is 0.435 e. The maximum atomic E-state index is 12.9. The second-order valence-corrected chi connectivity index (χ2v) is 11.3. The highest BCUT2D eigenvalue weighted by molar-refractivity contribution is 7.92. The summed E-state index contributed by atoms with van der Waals surface area (Å²) in [5.74, 6) is -0.602. The van der Waals surface area contributed by atoms with E-state index in [-0.39, 0.29) is 44.9 Å². The van der Waals surface area contributed by atoms with Crippen molar-refractivity contribution in [3.05, 3.63) is 35.5 Å². The third kappa shape index (κ3) is 3.63. The average Bonchev–Trinajstić information content (AvgIpc) is 3.49. The van der Waals surface area contributed by atoms with E-state index in [1.165, 1.54) is 13.0 Å². The maximum absolute atomic E-state index is 12.9. The van der Waals surface area contributed by atoms with Crippen molar-refractivity contribution in [2.75, 3.05) is 5.75 Å². The van der Waals surface area contributed by atoms with Gasteiger partial charge in [-0.2, -0.15) is 18.4 Å². The Morgan fingerprint density at radius 2 is 1.84 bits per heavy atom. The standard InChI is InChI=1S/C19H14F3N3O5S2/c1-2-31(26,27)16-8-12(10-3-4-10)14(9-23)24-17(16)18-25-13-7-11(5-6-15(13)30-18)32(28,29)19(20,21)22/h5-8,10H,2-4H2,1H3.